The van der Waals surface area contributed by atoms with Crippen LogP contribution in [0.2, 0.25) is 5.02 Å². The largest absolute Gasteiger partial charge is 0.366 e. The van der Waals surface area contributed by atoms with Gasteiger partial charge in [-0.3, -0.25) is 4.79 Å². The van der Waals surface area contributed by atoms with Crippen LogP contribution < -0.4 is 16.4 Å². The van der Waals surface area contributed by atoms with Crippen molar-refractivity contribution in [2.24, 2.45) is 5.73 Å². The smallest absolute Gasteiger partial charge is 0.250 e. The second-order valence-corrected chi connectivity index (χ2v) is 9.56. The number of carbonyl (C=O) groups excluding carboxylic acids is 1. The summed E-state index contributed by atoms with van der Waals surface area (Å²) in [6, 6.07) is 10.8. The number of nitrogens with one attached hydrogen (secondary N) is 2. The summed E-state index contributed by atoms with van der Waals surface area (Å²) in [5, 5.41) is 6.48. The number of hydrogen-bond acceptors (Lipinski definition) is 6. The molecule has 2 aliphatic rings. The first-order valence-corrected chi connectivity index (χ1v) is 12.4. The Hall–Kier alpha value is -3.23. The molecule has 5 rings (SSSR count). The van der Waals surface area contributed by atoms with Gasteiger partial charge in [0, 0.05) is 11.7 Å². The van der Waals surface area contributed by atoms with E-state index in [2.05, 4.69) is 37.6 Å². The summed E-state index contributed by atoms with van der Waals surface area (Å²) < 4.78 is 13.6. The molecular formula is C26H28ClFN6O. The van der Waals surface area contributed by atoms with E-state index in [1.54, 1.807) is 0 Å². The molecule has 1 amide bonds. The molecule has 182 valence electrons. The number of likely N-dealkylation sites (tertiary alicyclic amines) is 1. The average molecular weight is 495 g/mol. The minimum Gasteiger partial charge on any atom is -0.366 e. The Balaban J connectivity index is 1.32. The molecule has 1 atom stereocenters. The zero-order chi connectivity index (χ0) is 24.4. The first-order valence-electron chi connectivity index (χ1n) is 12.0. The molecule has 4 N–H and O–H groups in total. The maximum atomic E-state index is 13.6. The third kappa shape index (κ3) is 5.39. The molecular weight excluding hydrogens is 467 g/mol. The van der Waals surface area contributed by atoms with E-state index >= 15 is 0 Å². The number of nitrogens with zero attached hydrogens (tertiary/aromatic N) is 3. The molecule has 1 saturated heterocycles. The van der Waals surface area contributed by atoms with Crippen molar-refractivity contribution in [3.8, 4) is 0 Å². The van der Waals surface area contributed by atoms with Crippen LogP contribution >= 0.6 is 11.6 Å². The zero-order valence-corrected chi connectivity index (χ0v) is 20.1. The highest BCUT2D eigenvalue weighted by Crippen LogP contribution is 2.30. The molecule has 0 bridgehead atoms. The minimum atomic E-state index is -0.757. The summed E-state index contributed by atoms with van der Waals surface area (Å²) in [5.41, 5.74) is 9.38. The van der Waals surface area contributed by atoms with Crippen LogP contribution in [0.1, 0.15) is 47.2 Å². The number of hydrogen-bond donors (Lipinski definition) is 3. The van der Waals surface area contributed by atoms with Gasteiger partial charge in [0.05, 0.1) is 17.4 Å². The highest BCUT2D eigenvalue weighted by atomic mass is 35.5. The lowest BCUT2D eigenvalue weighted by molar-refractivity contribution is 0.100. The molecule has 1 aliphatic carbocycles. The third-order valence-corrected chi connectivity index (χ3v) is 7.13. The molecule has 0 spiro atoms. The molecule has 2 aromatic carbocycles. The van der Waals surface area contributed by atoms with E-state index in [-0.39, 0.29) is 16.4 Å². The molecule has 0 saturated carbocycles. The lowest BCUT2D eigenvalue weighted by Gasteiger charge is -2.25. The van der Waals surface area contributed by atoms with Crippen LogP contribution in [0, 0.1) is 5.82 Å². The van der Waals surface area contributed by atoms with Gasteiger partial charge in [0.1, 0.15) is 10.8 Å². The van der Waals surface area contributed by atoms with Gasteiger partial charge in [0.25, 0.3) is 5.91 Å². The summed E-state index contributed by atoms with van der Waals surface area (Å²) >= 11 is 6.28. The Morgan fingerprint density at radius 1 is 1.06 bits per heavy atom. The number of aromatic nitrogens is 2. The fourth-order valence-corrected chi connectivity index (χ4v) is 5.18. The number of amides is 1. The minimum absolute atomic E-state index is 0.00664. The topological polar surface area (TPSA) is 96.2 Å². The SMILES string of the molecule is NC(=O)c1cc(F)ccc1Nc1nc(Nc2ccc3c(c2)CC[C@@H](N2CCCC2)CC3)ncc1Cl. The number of anilines is 4. The van der Waals surface area contributed by atoms with Crippen molar-refractivity contribution in [2.45, 2.75) is 44.6 Å². The van der Waals surface area contributed by atoms with Crippen molar-refractivity contribution in [3.63, 3.8) is 0 Å². The van der Waals surface area contributed by atoms with Crippen molar-refractivity contribution in [2.75, 3.05) is 23.7 Å². The number of nitrogens with two attached hydrogens (primary N) is 1. The van der Waals surface area contributed by atoms with Gasteiger partial charge >= 0.3 is 0 Å². The van der Waals surface area contributed by atoms with E-state index in [0.717, 1.165) is 24.6 Å². The van der Waals surface area contributed by atoms with Gasteiger partial charge in [0.2, 0.25) is 5.95 Å². The van der Waals surface area contributed by atoms with E-state index < -0.39 is 11.7 Å². The number of fused-ring (bicyclic) bond motifs is 1. The van der Waals surface area contributed by atoms with Gasteiger partial charge in [0.15, 0.2) is 5.82 Å². The molecule has 3 aromatic rings. The third-order valence-electron chi connectivity index (χ3n) is 6.86. The molecule has 1 aromatic heterocycles. The molecule has 0 unspecified atom stereocenters. The molecule has 2 heterocycles. The van der Waals surface area contributed by atoms with Gasteiger partial charge in [-0.15, -0.1) is 0 Å². The van der Waals surface area contributed by atoms with Crippen LogP contribution in [0.15, 0.2) is 42.6 Å². The standard InChI is InChI=1S/C26H28ClFN6O/c27-22-15-30-26(33-25(22)32-23-10-6-18(28)14-21(23)24(29)35)31-19-7-3-16-4-8-20(9-5-17(16)13-19)34-11-1-2-12-34/h3,6-7,10,13-15,20H,1-2,4-5,8-9,11-12H2,(H2,29,35)(H2,30,31,32,33)/t20-/m0/s1. The lowest BCUT2D eigenvalue weighted by Crippen LogP contribution is -2.32. The van der Waals surface area contributed by atoms with E-state index in [9.17, 15) is 9.18 Å². The predicted molar refractivity (Wildman–Crippen MR) is 136 cm³/mol. The van der Waals surface area contributed by atoms with Crippen LogP contribution in [0.4, 0.5) is 27.5 Å². The fraction of sp³-hybridized carbons (Fsp3) is 0.346. The van der Waals surface area contributed by atoms with Crippen LogP contribution in [0.5, 0.6) is 0 Å². The molecule has 35 heavy (non-hydrogen) atoms. The highest BCUT2D eigenvalue weighted by Gasteiger charge is 2.24. The quantitative estimate of drug-likeness (QED) is 0.408. The second kappa shape index (κ2) is 10.2. The fourth-order valence-electron chi connectivity index (χ4n) is 5.04. The van der Waals surface area contributed by atoms with E-state index in [0.29, 0.717) is 17.7 Å². The number of aryl methyl sites for hydroxylation is 2. The number of halogens is 2. The summed E-state index contributed by atoms with van der Waals surface area (Å²) in [5.74, 6) is -0.687. The summed E-state index contributed by atoms with van der Waals surface area (Å²) in [6.45, 7) is 2.47. The normalized spacial score (nSPS) is 18.1. The number of primary amides is 1. The van der Waals surface area contributed by atoms with Gasteiger partial charge in [-0.25, -0.2) is 9.37 Å². The lowest BCUT2D eigenvalue weighted by atomic mass is 10.0. The van der Waals surface area contributed by atoms with E-state index in [1.165, 1.54) is 68.2 Å². The van der Waals surface area contributed by atoms with Crippen molar-refractivity contribution >= 4 is 40.6 Å². The Kier molecular flexibility index (Phi) is 6.83. The predicted octanol–water partition coefficient (Wildman–Crippen LogP) is 5.20. The van der Waals surface area contributed by atoms with Crippen molar-refractivity contribution in [1.82, 2.24) is 14.9 Å². The van der Waals surface area contributed by atoms with Gasteiger partial charge < -0.3 is 21.3 Å². The van der Waals surface area contributed by atoms with Crippen molar-refractivity contribution in [3.05, 3.63) is 70.1 Å². The van der Waals surface area contributed by atoms with Crippen molar-refractivity contribution in [1.29, 1.82) is 0 Å². The Bertz CT molecular complexity index is 1250. The van der Waals surface area contributed by atoms with Gasteiger partial charge in [-0.2, -0.15) is 4.98 Å². The second-order valence-electron chi connectivity index (χ2n) is 9.15. The Morgan fingerprint density at radius 3 is 2.60 bits per heavy atom. The van der Waals surface area contributed by atoms with E-state index in [4.69, 9.17) is 17.3 Å². The number of rotatable bonds is 6. The number of carbonyl (C=O) groups is 1. The molecule has 0 radical (unpaired) electrons. The Morgan fingerprint density at radius 2 is 1.83 bits per heavy atom. The van der Waals surface area contributed by atoms with Crippen LogP contribution in [-0.2, 0) is 12.8 Å². The highest BCUT2D eigenvalue weighted by molar-refractivity contribution is 6.33. The zero-order valence-electron chi connectivity index (χ0n) is 19.4. The molecule has 7 nitrogen and oxygen atoms in total. The molecule has 9 heteroatoms. The first-order chi connectivity index (χ1) is 17.0. The van der Waals surface area contributed by atoms with Gasteiger partial charge in [-0.1, -0.05) is 17.7 Å². The first kappa shape index (κ1) is 23.5. The number of benzene rings is 2. The van der Waals surface area contributed by atoms with Crippen molar-refractivity contribution < 1.29 is 9.18 Å². The Labute approximate surface area is 208 Å². The van der Waals surface area contributed by atoms with E-state index in [1.807, 2.05) is 6.07 Å². The van der Waals surface area contributed by atoms with Gasteiger partial charge in [-0.05, 0) is 93.1 Å². The van der Waals surface area contributed by atoms with Crippen LogP contribution in [-0.4, -0.2) is 39.9 Å². The average Bonchev–Trinajstić information content (AvgIpc) is 3.30. The van der Waals surface area contributed by atoms with Crippen LogP contribution in [0.25, 0.3) is 0 Å². The summed E-state index contributed by atoms with van der Waals surface area (Å²) in [4.78, 5) is 23.1. The van der Waals surface area contributed by atoms with Crippen LogP contribution in [0.3, 0.4) is 0 Å². The summed E-state index contributed by atoms with van der Waals surface area (Å²) in [7, 11) is 0. The maximum absolute atomic E-state index is 13.6. The molecule has 1 aliphatic heterocycles. The monoisotopic (exact) mass is 494 g/mol. The molecule has 1 fully saturated rings. The maximum Gasteiger partial charge on any atom is 0.250 e. The summed E-state index contributed by atoms with van der Waals surface area (Å²) in [6.07, 6.45) is 8.66.